The second-order valence-corrected chi connectivity index (χ2v) is 29.9. The molecule has 12 rings (SSSR count). The van der Waals surface area contributed by atoms with Crippen molar-refractivity contribution in [2.75, 3.05) is 53.9 Å². The molecule has 1 fully saturated rings. The van der Waals surface area contributed by atoms with Crippen LogP contribution in [0.25, 0.3) is 0 Å². The fourth-order valence-corrected chi connectivity index (χ4v) is 14.9. The second-order valence-electron chi connectivity index (χ2n) is 27.3. The molecule has 7 aromatic rings. The third-order valence-electron chi connectivity index (χ3n) is 18.9. The number of carbonyl (C=O) groups is 4. The number of Topliss-reactive ketones (excluding diaryl/α,β-unsaturated/α-hetero) is 2. The van der Waals surface area contributed by atoms with Crippen LogP contribution in [0.5, 0.6) is 40.2 Å². The number of aliphatic hydroxyl groups excluding tert-OH is 4. The smallest absolute Gasteiger partial charge is 0.493 e. The number of rotatable bonds is 31. The first kappa shape index (κ1) is 76.0. The van der Waals surface area contributed by atoms with Crippen LogP contribution >= 0.6 is 0 Å². The maximum absolute atomic E-state index is 14.3. The van der Waals surface area contributed by atoms with E-state index in [1.165, 1.54) is 43.5 Å². The summed E-state index contributed by atoms with van der Waals surface area (Å²) in [4.78, 5) is 67.6. The number of carbonyl (C=O) groups excluding carboxylic acids is 4. The molecule has 0 aromatic heterocycles. The molecule has 28 nitrogen and oxygen atoms in total. The van der Waals surface area contributed by atoms with Gasteiger partial charge in [-0.05, 0) is 132 Å². The zero-order chi connectivity index (χ0) is 75.2. The first-order valence-electron chi connectivity index (χ1n) is 34.4. The predicted molar refractivity (Wildman–Crippen MR) is 385 cm³/mol. The van der Waals surface area contributed by atoms with Gasteiger partial charge in [0.25, 0.3) is 21.9 Å². The monoisotopic (exact) mass is 1500 g/mol. The number of methoxy groups -OCH3 is 2. The second kappa shape index (κ2) is 32.6. The summed E-state index contributed by atoms with van der Waals surface area (Å²) in [5.74, 6) is -2.13. The van der Waals surface area contributed by atoms with E-state index >= 15 is 0 Å². The van der Waals surface area contributed by atoms with Crippen molar-refractivity contribution in [1.82, 2.24) is 9.80 Å². The molecule has 0 bridgehead atoms. The van der Waals surface area contributed by atoms with Crippen LogP contribution in [0.2, 0.25) is 0 Å². The van der Waals surface area contributed by atoms with E-state index in [0.29, 0.717) is 89.0 Å². The summed E-state index contributed by atoms with van der Waals surface area (Å²) in [7, 11) is -2.47. The highest BCUT2D eigenvalue weighted by Crippen LogP contribution is 2.42. The quantitative estimate of drug-likeness (QED) is 0.0115. The van der Waals surface area contributed by atoms with E-state index < -0.39 is 92.7 Å². The van der Waals surface area contributed by atoms with Crippen LogP contribution in [0.4, 0.5) is 11.4 Å². The van der Waals surface area contributed by atoms with Gasteiger partial charge in [-0.25, -0.2) is 0 Å². The highest BCUT2D eigenvalue weighted by Gasteiger charge is 2.45. The Balaban J connectivity index is 0.747. The number of hydrogen-bond donors (Lipinski definition) is 6. The minimum Gasteiger partial charge on any atom is -0.493 e. The third kappa shape index (κ3) is 18.2. The first-order chi connectivity index (χ1) is 50.7. The summed E-state index contributed by atoms with van der Waals surface area (Å²) in [5, 5.41) is 41.6. The number of aliphatic hydroxyl groups is 4. The molecule has 5 heterocycles. The number of ketones is 2. The molecule has 0 radical (unpaired) electrons. The summed E-state index contributed by atoms with van der Waals surface area (Å²) >= 11 is 0. The van der Waals surface area contributed by atoms with Gasteiger partial charge in [0.1, 0.15) is 56.5 Å². The Labute approximate surface area is 612 Å². The zero-order valence-electron chi connectivity index (χ0n) is 58.6. The van der Waals surface area contributed by atoms with E-state index in [4.69, 9.17) is 61.8 Å². The molecule has 1 unspecified atom stereocenters. The van der Waals surface area contributed by atoms with Crippen molar-refractivity contribution in [3.8, 4) is 40.2 Å². The normalized spacial score (nSPS) is 19.9. The van der Waals surface area contributed by atoms with E-state index in [0.717, 1.165) is 45.5 Å². The molecule has 2 amide bonds. The van der Waals surface area contributed by atoms with Gasteiger partial charge in [-0.2, -0.15) is 8.42 Å². The molecule has 1 saturated heterocycles. The summed E-state index contributed by atoms with van der Waals surface area (Å²) in [6, 6.07) is 36.7. The van der Waals surface area contributed by atoms with Gasteiger partial charge in [0.15, 0.2) is 46.1 Å². The van der Waals surface area contributed by atoms with E-state index in [-0.39, 0.29) is 87.3 Å². The predicted octanol–water partition coefficient (Wildman–Crippen LogP) is 6.63. The van der Waals surface area contributed by atoms with E-state index in [1.807, 2.05) is 90.9 Å². The minimum absolute atomic E-state index is 0.0478. The molecular weight excluding hydrogens is 1410 g/mol. The van der Waals surface area contributed by atoms with Crippen LogP contribution in [0.15, 0.2) is 143 Å². The van der Waals surface area contributed by atoms with Gasteiger partial charge in [0, 0.05) is 80.4 Å². The standard InChI is InChI=1S/C76H82N6O22S2/c1-82(2,39-45-17-20-56(21-18-45)103-106(94,95)104-69-30-51(19-22-64(69)101-76-73(88)72(87)71(86)70(41-83)102-76)62(84)15-9-23-98-24-10-16-63(85)59(77)44-105(91,92)93)40-46-25-47(42-99-67-33-60-57(31-65(67)96-3)74(89)80-37-52-13-7-5-11-49(52)28-54(80)35-78-60)27-48(26-46)43-100-68-34-61-58(32-66(68)97-4)75(90)81-38-53-14-8-6-12-50(53)29-55(81)36-79-61/h5-8,11-14,17-22,25-27,30-36,54-55,59,70-73,76,83,86-88H,9-10,15-16,23-24,28-29,37-44,77H2,1-4H3/p+1/t54-,55-,59+,70+,71-,72-,73+,76?/m0/s1. The molecule has 0 saturated carbocycles. The van der Waals surface area contributed by atoms with Crippen molar-refractivity contribution in [3.63, 3.8) is 0 Å². The molecule has 560 valence electrons. The number of hydrogen-bond acceptors (Lipinski definition) is 24. The number of quaternary nitrogens is 1. The lowest BCUT2D eigenvalue weighted by Crippen LogP contribution is -2.60. The van der Waals surface area contributed by atoms with E-state index in [1.54, 1.807) is 36.4 Å². The maximum atomic E-state index is 14.3. The average molecular weight is 1500 g/mol. The van der Waals surface area contributed by atoms with Crippen LogP contribution in [0, 0.1) is 0 Å². The van der Waals surface area contributed by atoms with Gasteiger partial charge < -0.3 is 82.0 Å². The van der Waals surface area contributed by atoms with Crippen LogP contribution in [-0.2, 0) is 87.0 Å². The molecule has 0 spiro atoms. The molecule has 7 aromatic carbocycles. The van der Waals surface area contributed by atoms with Gasteiger partial charge >= 0.3 is 10.4 Å². The summed E-state index contributed by atoms with van der Waals surface area (Å²) in [5.41, 5.74) is 14.8. The van der Waals surface area contributed by atoms with Gasteiger partial charge in [-0.3, -0.25) is 33.7 Å². The van der Waals surface area contributed by atoms with Gasteiger partial charge in [-0.15, -0.1) is 8.42 Å². The van der Waals surface area contributed by atoms with Crippen molar-refractivity contribution in [3.05, 3.63) is 195 Å². The fourth-order valence-electron chi connectivity index (χ4n) is 13.6. The summed E-state index contributed by atoms with van der Waals surface area (Å²) < 4.78 is 112. The number of amides is 2. The third-order valence-corrected chi connectivity index (χ3v) is 20.5. The fraction of sp³-hybridized carbons (Fsp3) is 0.368. The minimum atomic E-state index is -5.08. The van der Waals surface area contributed by atoms with Crippen molar-refractivity contribution >= 4 is 67.7 Å². The summed E-state index contributed by atoms with van der Waals surface area (Å²) in [6.07, 6.45) is -3.72. The van der Waals surface area contributed by atoms with Crippen LogP contribution in [0.1, 0.15) is 101 Å². The molecule has 5 aliphatic heterocycles. The lowest BCUT2D eigenvalue weighted by molar-refractivity contribution is -0.916. The molecule has 7 N–H and O–H groups in total. The van der Waals surface area contributed by atoms with Crippen molar-refractivity contribution in [2.24, 2.45) is 15.7 Å². The SMILES string of the molecule is COc1cc2c(cc1OCc1cc(COc3cc4c(cc3OC)C(=O)N3Cc5ccccc5C[C@H]3C=N4)cc(C[N+](C)(C)Cc3ccc(OS(=O)(=O)Oc4cc(C(=O)CCCOCCCC(=O)[C@H](N)CS(=O)(=O)O)ccc4OC4O[C@H](CO)[C@H](O)[C@H](O)[C@H]4O)cc3)c1)N=C[C@@H]1Cc3ccccc3CN1C2=O. The Kier molecular flexibility index (Phi) is 23.3. The maximum Gasteiger partial charge on any atom is 0.501 e. The topological polar surface area (TPSA) is 378 Å². The van der Waals surface area contributed by atoms with Gasteiger partial charge in [0.2, 0.25) is 6.29 Å². The van der Waals surface area contributed by atoms with E-state index in [2.05, 4.69) is 12.1 Å². The molecule has 30 heteroatoms. The van der Waals surface area contributed by atoms with Crippen molar-refractivity contribution in [2.45, 2.75) is 127 Å². The Morgan fingerprint density at radius 2 is 1.14 bits per heavy atom. The highest BCUT2D eigenvalue weighted by atomic mass is 32.3. The van der Waals surface area contributed by atoms with Crippen molar-refractivity contribution in [1.29, 1.82) is 0 Å². The number of aliphatic imine (C=N–C) groups is 2. The largest absolute Gasteiger partial charge is 0.501 e. The molecule has 8 atom stereocenters. The van der Waals surface area contributed by atoms with Crippen LogP contribution in [0.3, 0.4) is 0 Å². The Hall–Kier alpha value is -9.70. The van der Waals surface area contributed by atoms with Gasteiger partial charge in [0.05, 0.1) is 81.3 Å². The molecule has 106 heavy (non-hydrogen) atoms. The van der Waals surface area contributed by atoms with Gasteiger partial charge in [-0.1, -0.05) is 48.5 Å². The number of fused-ring (bicyclic) bond motifs is 6. The molecular formula is C76H83N6O22S2+. The Morgan fingerprint density at radius 3 is 1.68 bits per heavy atom. The first-order valence-corrected chi connectivity index (χ1v) is 37.3. The molecule has 5 aliphatic rings. The average Bonchev–Trinajstić information content (AvgIpc) is 1.58. The highest BCUT2D eigenvalue weighted by molar-refractivity contribution is 7.85. The van der Waals surface area contributed by atoms with Crippen LogP contribution < -0.4 is 37.8 Å². The lowest BCUT2D eigenvalue weighted by atomic mass is 9.94. The Bertz CT molecular complexity index is 4580. The number of benzene rings is 7. The lowest BCUT2D eigenvalue weighted by Gasteiger charge is -2.39. The zero-order valence-corrected chi connectivity index (χ0v) is 60.2. The van der Waals surface area contributed by atoms with Crippen molar-refractivity contribution < 1.29 is 107 Å². The summed E-state index contributed by atoms with van der Waals surface area (Å²) in [6.45, 7) is 1.14. The Morgan fingerprint density at radius 1 is 0.613 bits per heavy atom. The molecule has 0 aliphatic carbocycles. The van der Waals surface area contributed by atoms with Crippen LogP contribution in [-0.4, -0.2) is 195 Å². The number of nitrogens with two attached hydrogens (primary N) is 1. The van der Waals surface area contributed by atoms with E-state index in [9.17, 15) is 56.4 Å². The number of nitrogens with zero attached hydrogens (tertiary/aromatic N) is 5. The number of ether oxygens (including phenoxy) is 7.